The molecule has 1 aromatic carbocycles. The number of aromatic nitrogens is 2. The number of nitrogens with two attached hydrogens (primary N) is 1. The summed E-state index contributed by atoms with van der Waals surface area (Å²) in [6.45, 7) is 4.88. The number of nitrogen functional groups attached to an aromatic ring is 1. The van der Waals surface area contributed by atoms with Crippen LogP contribution in [0.3, 0.4) is 0 Å². The lowest BCUT2D eigenvalue weighted by Gasteiger charge is -2.26. The van der Waals surface area contributed by atoms with Gasteiger partial charge in [0.05, 0.1) is 24.6 Å². The van der Waals surface area contributed by atoms with E-state index < -0.39 is 0 Å². The zero-order valence-corrected chi connectivity index (χ0v) is 16.1. The maximum atomic E-state index is 9.61. The molecule has 1 saturated heterocycles. The van der Waals surface area contributed by atoms with Gasteiger partial charge in [-0.15, -0.1) is 0 Å². The van der Waals surface area contributed by atoms with Crippen LogP contribution in [-0.4, -0.2) is 54.3 Å². The van der Waals surface area contributed by atoms with Crippen LogP contribution in [0.2, 0.25) is 0 Å². The van der Waals surface area contributed by atoms with E-state index in [2.05, 4.69) is 20.9 Å². The summed E-state index contributed by atoms with van der Waals surface area (Å²) in [6.07, 6.45) is 1.83. The molecule has 1 aliphatic heterocycles. The standard InChI is InChI=1S/C22H23N5O2/c23-15-19-18(14-21(26-22(19)24)20-5-2-6-25-20)16-3-1-4-17(13-16)29-12-9-27-7-10-28-11-8-27/h1-6,13-14,25H,7-12H2,(H2,24,26). The summed E-state index contributed by atoms with van der Waals surface area (Å²) in [5, 5.41) is 9.61. The van der Waals surface area contributed by atoms with Crippen molar-refractivity contribution in [1.29, 1.82) is 5.26 Å². The number of benzene rings is 1. The van der Waals surface area contributed by atoms with Crippen LogP contribution in [0.5, 0.6) is 5.75 Å². The Balaban J connectivity index is 1.56. The molecule has 1 fully saturated rings. The lowest BCUT2D eigenvalue weighted by molar-refractivity contribution is 0.0322. The molecule has 7 heteroatoms. The number of hydrogen-bond acceptors (Lipinski definition) is 6. The average molecular weight is 389 g/mol. The van der Waals surface area contributed by atoms with Crippen LogP contribution < -0.4 is 10.5 Å². The second-order valence-electron chi connectivity index (χ2n) is 6.84. The molecule has 0 aliphatic carbocycles. The molecule has 7 nitrogen and oxygen atoms in total. The number of hydrogen-bond donors (Lipinski definition) is 2. The highest BCUT2D eigenvalue weighted by molar-refractivity contribution is 5.80. The highest BCUT2D eigenvalue weighted by Gasteiger charge is 2.15. The Hall–Kier alpha value is -3.34. The molecule has 3 aromatic rings. The molecule has 1 aliphatic rings. The summed E-state index contributed by atoms with van der Waals surface area (Å²) < 4.78 is 11.3. The second kappa shape index (κ2) is 8.78. The van der Waals surface area contributed by atoms with E-state index in [0.717, 1.165) is 55.4 Å². The van der Waals surface area contributed by atoms with Crippen molar-refractivity contribution >= 4 is 5.82 Å². The highest BCUT2D eigenvalue weighted by Crippen LogP contribution is 2.32. The Morgan fingerprint density at radius 2 is 2.07 bits per heavy atom. The van der Waals surface area contributed by atoms with Crippen LogP contribution in [0.15, 0.2) is 48.7 Å². The highest BCUT2D eigenvalue weighted by atomic mass is 16.5. The van der Waals surface area contributed by atoms with E-state index in [4.69, 9.17) is 15.2 Å². The van der Waals surface area contributed by atoms with E-state index in [1.165, 1.54) is 0 Å². The van der Waals surface area contributed by atoms with Crippen LogP contribution in [-0.2, 0) is 4.74 Å². The number of nitrogens with one attached hydrogen (secondary N) is 1. The molecular formula is C22H23N5O2. The van der Waals surface area contributed by atoms with E-state index in [9.17, 15) is 5.26 Å². The summed E-state index contributed by atoms with van der Waals surface area (Å²) in [7, 11) is 0. The van der Waals surface area contributed by atoms with Crippen LogP contribution >= 0.6 is 0 Å². The van der Waals surface area contributed by atoms with Gasteiger partial charge in [-0.3, -0.25) is 4.90 Å². The van der Waals surface area contributed by atoms with Crippen LogP contribution in [0.25, 0.3) is 22.5 Å². The van der Waals surface area contributed by atoms with Crippen molar-refractivity contribution in [1.82, 2.24) is 14.9 Å². The van der Waals surface area contributed by atoms with E-state index in [1.54, 1.807) is 0 Å². The van der Waals surface area contributed by atoms with E-state index >= 15 is 0 Å². The minimum absolute atomic E-state index is 0.216. The van der Waals surface area contributed by atoms with Crippen LogP contribution in [0.4, 0.5) is 5.82 Å². The number of anilines is 1. The maximum absolute atomic E-state index is 9.61. The minimum atomic E-state index is 0.216. The molecule has 0 radical (unpaired) electrons. The first-order valence-electron chi connectivity index (χ1n) is 9.62. The average Bonchev–Trinajstić information content (AvgIpc) is 3.29. The smallest absolute Gasteiger partial charge is 0.142 e. The molecule has 3 heterocycles. The first-order valence-corrected chi connectivity index (χ1v) is 9.62. The third-order valence-corrected chi connectivity index (χ3v) is 4.96. The summed E-state index contributed by atoms with van der Waals surface area (Å²) in [6, 6.07) is 15.6. The van der Waals surface area contributed by atoms with Crippen molar-refractivity contribution in [3.05, 3.63) is 54.2 Å². The SMILES string of the molecule is N#Cc1c(-c2cccc(OCCN3CCOCC3)c2)cc(-c2ccc[nH]2)nc1N. The Morgan fingerprint density at radius 3 is 2.83 bits per heavy atom. The van der Waals surface area contributed by atoms with Gasteiger partial charge >= 0.3 is 0 Å². The molecule has 4 rings (SSSR count). The molecule has 0 amide bonds. The number of ether oxygens (including phenoxy) is 2. The molecule has 148 valence electrons. The largest absolute Gasteiger partial charge is 0.492 e. The third kappa shape index (κ3) is 4.40. The first kappa shape index (κ1) is 19.0. The van der Waals surface area contributed by atoms with Crippen LogP contribution in [0.1, 0.15) is 5.56 Å². The van der Waals surface area contributed by atoms with E-state index in [1.807, 2.05) is 48.7 Å². The monoisotopic (exact) mass is 389 g/mol. The fourth-order valence-corrected chi connectivity index (χ4v) is 3.41. The number of pyridine rings is 1. The van der Waals surface area contributed by atoms with Crippen molar-refractivity contribution in [2.45, 2.75) is 0 Å². The number of nitrogens with zero attached hydrogens (tertiary/aromatic N) is 3. The van der Waals surface area contributed by atoms with Gasteiger partial charge in [-0.25, -0.2) is 4.98 Å². The van der Waals surface area contributed by atoms with E-state index in [-0.39, 0.29) is 5.82 Å². The van der Waals surface area contributed by atoms with Crippen LogP contribution in [0, 0.1) is 11.3 Å². The molecule has 2 aromatic heterocycles. The summed E-state index contributed by atoms with van der Waals surface area (Å²) in [5.74, 6) is 0.977. The number of aromatic amines is 1. The maximum Gasteiger partial charge on any atom is 0.142 e. The molecule has 0 bridgehead atoms. The summed E-state index contributed by atoms with van der Waals surface area (Å²) in [5.41, 5.74) is 9.60. The molecule has 29 heavy (non-hydrogen) atoms. The van der Waals surface area contributed by atoms with Crippen molar-refractivity contribution in [3.8, 4) is 34.3 Å². The fraction of sp³-hybridized carbons (Fsp3) is 0.273. The molecule has 0 saturated carbocycles. The van der Waals surface area contributed by atoms with Gasteiger partial charge in [0, 0.05) is 31.4 Å². The Bertz CT molecular complexity index is 1000. The molecule has 0 spiro atoms. The van der Waals surface area contributed by atoms with Gasteiger partial charge in [0.15, 0.2) is 0 Å². The summed E-state index contributed by atoms with van der Waals surface area (Å²) >= 11 is 0. The predicted octanol–water partition coefficient (Wildman–Crippen LogP) is 2.91. The quantitative estimate of drug-likeness (QED) is 0.672. The van der Waals surface area contributed by atoms with Gasteiger partial charge in [0.1, 0.15) is 29.8 Å². The van der Waals surface area contributed by atoms with E-state index in [0.29, 0.717) is 17.9 Å². The van der Waals surface area contributed by atoms with Crippen molar-refractivity contribution < 1.29 is 9.47 Å². The van der Waals surface area contributed by atoms with Gasteiger partial charge in [0.2, 0.25) is 0 Å². The molecule has 3 N–H and O–H groups in total. The van der Waals surface area contributed by atoms with Gasteiger partial charge in [-0.1, -0.05) is 12.1 Å². The topological polar surface area (TPSA) is 100 Å². The number of H-pyrrole nitrogens is 1. The predicted molar refractivity (Wildman–Crippen MR) is 111 cm³/mol. The summed E-state index contributed by atoms with van der Waals surface area (Å²) in [4.78, 5) is 9.83. The second-order valence-corrected chi connectivity index (χ2v) is 6.84. The number of rotatable bonds is 6. The number of morpholine rings is 1. The minimum Gasteiger partial charge on any atom is -0.492 e. The third-order valence-electron chi connectivity index (χ3n) is 4.96. The lowest BCUT2D eigenvalue weighted by atomic mass is 9.99. The van der Waals surface area contributed by atoms with Gasteiger partial charge in [-0.2, -0.15) is 5.26 Å². The van der Waals surface area contributed by atoms with Crippen molar-refractivity contribution in [2.24, 2.45) is 0 Å². The first-order chi connectivity index (χ1) is 14.2. The van der Waals surface area contributed by atoms with Gasteiger partial charge in [0.25, 0.3) is 0 Å². The Kier molecular flexibility index (Phi) is 5.75. The Morgan fingerprint density at radius 1 is 1.21 bits per heavy atom. The molecule has 0 atom stereocenters. The number of nitriles is 1. The zero-order chi connectivity index (χ0) is 20.1. The van der Waals surface area contributed by atoms with Crippen molar-refractivity contribution in [2.75, 3.05) is 45.2 Å². The lowest BCUT2D eigenvalue weighted by Crippen LogP contribution is -2.38. The van der Waals surface area contributed by atoms with Gasteiger partial charge in [-0.05, 0) is 35.9 Å². The molecular weight excluding hydrogens is 366 g/mol. The fourth-order valence-electron chi connectivity index (χ4n) is 3.41. The van der Waals surface area contributed by atoms with Gasteiger partial charge < -0.3 is 20.2 Å². The normalized spacial score (nSPS) is 14.4. The van der Waals surface area contributed by atoms with Crippen molar-refractivity contribution in [3.63, 3.8) is 0 Å². The Labute approximate surface area is 169 Å². The molecule has 0 unspecified atom stereocenters. The zero-order valence-electron chi connectivity index (χ0n) is 16.1.